The van der Waals surface area contributed by atoms with Crippen molar-refractivity contribution in [1.29, 1.82) is 0 Å². The molecule has 0 atom stereocenters. The molecule has 0 bridgehead atoms. The van der Waals surface area contributed by atoms with Gasteiger partial charge in [0.25, 0.3) is 0 Å². The van der Waals surface area contributed by atoms with Gasteiger partial charge < -0.3 is 5.32 Å². The number of carbonyl (C=O) groups is 1. The number of carbonyl (C=O) groups excluding carboxylic acids is 1. The number of fused-ring (bicyclic) bond motifs is 1. The number of anilines is 1. The summed E-state index contributed by atoms with van der Waals surface area (Å²) in [5, 5.41) is 3.23. The van der Waals surface area contributed by atoms with Crippen LogP contribution in [0.1, 0.15) is 25.7 Å². The fourth-order valence-electron chi connectivity index (χ4n) is 4.39. The second-order valence-electron chi connectivity index (χ2n) is 8.12. The molecule has 5 rings (SSSR count). The highest BCUT2D eigenvalue weighted by molar-refractivity contribution is 7.93. The van der Waals surface area contributed by atoms with E-state index in [-0.39, 0.29) is 17.7 Å². The Morgan fingerprint density at radius 2 is 1.70 bits per heavy atom. The molecule has 1 aliphatic rings. The Bertz CT molecular complexity index is 1420. The summed E-state index contributed by atoms with van der Waals surface area (Å²) >= 11 is 5.92. The van der Waals surface area contributed by atoms with Crippen molar-refractivity contribution in [2.75, 3.05) is 5.32 Å². The SMILES string of the molecule is O=C(Nc1ccc(-n2cnc3ccccc32)nc1)C1(S(=O)(=O)c2ccc(Cl)cc2)CCCC1. The summed E-state index contributed by atoms with van der Waals surface area (Å²) in [5.74, 6) is 0.114. The van der Waals surface area contributed by atoms with Gasteiger partial charge in [0.05, 0.1) is 27.8 Å². The zero-order valence-corrected chi connectivity index (χ0v) is 19.2. The summed E-state index contributed by atoms with van der Waals surface area (Å²) in [6, 6.07) is 17.2. The minimum atomic E-state index is -3.91. The fraction of sp³-hybridized carbons (Fsp3) is 0.208. The fourth-order valence-corrected chi connectivity index (χ4v) is 6.59. The number of aromatic nitrogens is 3. The van der Waals surface area contributed by atoms with Crippen LogP contribution in [0.15, 0.2) is 78.1 Å². The Labute approximate surface area is 196 Å². The first-order chi connectivity index (χ1) is 15.9. The van der Waals surface area contributed by atoms with Gasteiger partial charge in [0.15, 0.2) is 14.6 Å². The summed E-state index contributed by atoms with van der Waals surface area (Å²) in [6.45, 7) is 0. The van der Waals surface area contributed by atoms with E-state index in [0.717, 1.165) is 11.0 Å². The van der Waals surface area contributed by atoms with Gasteiger partial charge in [0.2, 0.25) is 5.91 Å². The summed E-state index contributed by atoms with van der Waals surface area (Å²) in [5.41, 5.74) is 2.21. The molecular weight excluding hydrogens is 460 g/mol. The monoisotopic (exact) mass is 480 g/mol. The molecular formula is C24H21ClN4O3S. The summed E-state index contributed by atoms with van der Waals surface area (Å²) in [4.78, 5) is 22.3. The van der Waals surface area contributed by atoms with Crippen LogP contribution < -0.4 is 5.32 Å². The molecule has 1 aliphatic carbocycles. The standard InChI is InChI=1S/C24H21ClN4O3S/c25-17-7-10-19(11-8-17)33(31,32)24(13-3-4-14-24)23(30)28-18-9-12-22(26-15-18)29-16-27-20-5-1-2-6-21(20)29/h1-2,5-12,15-16H,3-4,13-14H2,(H,28,30). The molecule has 9 heteroatoms. The number of nitrogens with zero attached hydrogens (tertiary/aromatic N) is 3. The second kappa shape index (κ2) is 8.28. The predicted molar refractivity (Wildman–Crippen MR) is 127 cm³/mol. The zero-order chi connectivity index (χ0) is 23.1. The Hall–Kier alpha value is -3.23. The van der Waals surface area contributed by atoms with Crippen LogP contribution in [0.3, 0.4) is 0 Å². The van der Waals surface area contributed by atoms with E-state index < -0.39 is 20.5 Å². The number of rotatable bonds is 5. The molecule has 0 radical (unpaired) electrons. The van der Waals surface area contributed by atoms with Crippen LogP contribution in [0.2, 0.25) is 5.02 Å². The van der Waals surface area contributed by atoms with Crippen molar-refractivity contribution in [2.45, 2.75) is 35.3 Å². The van der Waals surface area contributed by atoms with Crippen LogP contribution in [-0.2, 0) is 14.6 Å². The third kappa shape index (κ3) is 3.69. The lowest BCUT2D eigenvalue weighted by atomic mass is 10.1. The number of imidazole rings is 1. The smallest absolute Gasteiger partial charge is 0.246 e. The van der Waals surface area contributed by atoms with Crippen LogP contribution in [0.4, 0.5) is 5.69 Å². The normalized spacial score (nSPS) is 15.5. The van der Waals surface area contributed by atoms with Crippen LogP contribution in [0, 0.1) is 0 Å². The van der Waals surface area contributed by atoms with E-state index in [1.54, 1.807) is 18.5 Å². The van der Waals surface area contributed by atoms with Gasteiger partial charge >= 0.3 is 0 Å². The number of nitrogens with one attached hydrogen (secondary N) is 1. The molecule has 2 aromatic carbocycles. The molecule has 0 spiro atoms. The molecule has 7 nitrogen and oxygen atoms in total. The van der Waals surface area contributed by atoms with E-state index in [4.69, 9.17) is 11.6 Å². The number of para-hydroxylation sites is 2. The van der Waals surface area contributed by atoms with Crippen LogP contribution in [0.25, 0.3) is 16.9 Å². The second-order valence-corrected chi connectivity index (χ2v) is 10.8. The lowest BCUT2D eigenvalue weighted by Gasteiger charge is -2.27. The van der Waals surface area contributed by atoms with Crippen molar-refractivity contribution in [2.24, 2.45) is 0 Å². The first kappa shape index (κ1) is 21.6. The maximum atomic E-state index is 13.5. The Morgan fingerprint density at radius 3 is 2.39 bits per heavy atom. The molecule has 168 valence electrons. The van der Waals surface area contributed by atoms with Crippen molar-refractivity contribution in [3.8, 4) is 5.82 Å². The number of pyridine rings is 1. The molecule has 4 aromatic rings. The van der Waals surface area contributed by atoms with Crippen molar-refractivity contribution in [3.05, 3.63) is 78.2 Å². The first-order valence-electron chi connectivity index (χ1n) is 10.6. The van der Waals surface area contributed by atoms with Gasteiger partial charge in [-0.05, 0) is 61.4 Å². The largest absolute Gasteiger partial charge is 0.323 e. The number of benzene rings is 2. The van der Waals surface area contributed by atoms with E-state index in [1.165, 1.54) is 30.5 Å². The lowest BCUT2D eigenvalue weighted by molar-refractivity contribution is -0.118. The van der Waals surface area contributed by atoms with Crippen molar-refractivity contribution < 1.29 is 13.2 Å². The predicted octanol–water partition coefficient (Wildman–Crippen LogP) is 4.80. The molecule has 33 heavy (non-hydrogen) atoms. The summed E-state index contributed by atoms with van der Waals surface area (Å²) in [7, 11) is -3.91. The number of hydrogen-bond acceptors (Lipinski definition) is 5. The van der Waals surface area contributed by atoms with E-state index in [9.17, 15) is 13.2 Å². The average molecular weight is 481 g/mol. The molecule has 1 N–H and O–H groups in total. The molecule has 0 unspecified atom stereocenters. The topological polar surface area (TPSA) is 93.9 Å². The van der Waals surface area contributed by atoms with Gasteiger partial charge in [0, 0.05) is 5.02 Å². The highest BCUT2D eigenvalue weighted by atomic mass is 35.5. The molecule has 2 heterocycles. The van der Waals surface area contributed by atoms with Gasteiger partial charge in [-0.1, -0.05) is 36.6 Å². The molecule has 2 aromatic heterocycles. The lowest BCUT2D eigenvalue weighted by Crippen LogP contribution is -2.47. The van der Waals surface area contributed by atoms with Crippen LogP contribution in [0.5, 0.6) is 0 Å². The number of amides is 1. The van der Waals surface area contributed by atoms with Gasteiger partial charge in [-0.25, -0.2) is 18.4 Å². The summed E-state index contributed by atoms with van der Waals surface area (Å²) in [6.07, 6.45) is 5.11. The van der Waals surface area contributed by atoms with E-state index in [1.807, 2.05) is 28.8 Å². The molecule has 1 fully saturated rings. The van der Waals surface area contributed by atoms with Crippen molar-refractivity contribution in [1.82, 2.24) is 14.5 Å². The first-order valence-corrected chi connectivity index (χ1v) is 12.5. The van der Waals surface area contributed by atoms with E-state index in [0.29, 0.717) is 29.4 Å². The maximum absolute atomic E-state index is 13.5. The Morgan fingerprint density at radius 1 is 0.970 bits per heavy atom. The minimum absolute atomic E-state index is 0.101. The van der Waals surface area contributed by atoms with Crippen LogP contribution in [-0.4, -0.2) is 33.6 Å². The molecule has 0 saturated heterocycles. The summed E-state index contributed by atoms with van der Waals surface area (Å²) < 4.78 is 27.3. The van der Waals surface area contributed by atoms with Crippen molar-refractivity contribution >= 4 is 44.1 Å². The highest BCUT2D eigenvalue weighted by Gasteiger charge is 2.53. The average Bonchev–Trinajstić information content (AvgIpc) is 3.49. The van der Waals surface area contributed by atoms with Crippen LogP contribution >= 0.6 is 11.6 Å². The number of sulfone groups is 1. The highest BCUT2D eigenvalue weighted by Crippen LogP contribution is 2.41. The molecule has 1 amide bonds. The Balaban J connectivity index is 1.42. The number of hydrogen-bond donors (Lipinski definition) is 1. The Kier molecular flexibility index (Phi) is 5.42. The quantitative estimate of drug-likeness (QED) is 0.443. The molecule has 1 saturated carbocycles. The number of halogens is 1. The van der Waals surface area contributed by atoms with Crippen molar-refractivity contribution in [3.63, 3.8) is 0 Å². The van der Waals surface area contributed by atoms with Gasteiger partial charge in [-0.15, -0.1) is 0 Å². The third-order valence-electron chi connectivity index (χ3n) is 6.17. The molecule has 0 aliphatic heterocycles. The maximum Gasteiger partial charge on any atom is 0.246 e. The minimum Gasteiger partial charge on any atom is -0.323 e. The van der Waals surface area contributed by atoms with E-state index in [2.05, 4.69) is 15.3 Å². The zero-order valence-electron chi connectivity index (χ0n) is 17.6. The van der Waals surface area contributed by atoms with Gasteiger partial charge in [-0.2, -0.15) is 0 Å². The third-order valence-corrected chi connectivity index (χ3v) is 8.94. The van der Waals surface area contributed by atoms with Gasteiger partial charge in [0.1, 0.15) is 12.1 Å². The van der Waals surface area contributed by atoms with Gasteiger partial charge in [-0.3, -0.25) is 9.36 Å². The van der Waals surface area contributed by atoms with E-state index >= 15 is 0 Å².